The van der Waals surface area contributed by atoms with E-state index in [-0.39, 0.29) is 11.4 Å². The molecule has 3 nitrogen and oxygen atoms in total. The van der Waals surface area contributed by atoms with Crippen LogP contribution in [0.5, 0.6) is 0 Å². The van der Waals surface area contributed by atoms with Gasteiger partial charge < -0.3 is 4.42 Å². The Morgan fingerprint density at radius 3 is 2.30 bits per heavy atom. The van der Waals surface area contributed by atoms with Crippen LogP contribution in [0.15, 0.2) is 57.4 Å². The Bertz CT molecular complexity index is 869. The van der Waals surface area contributed by atoms with Crippen LogP contribution in [-0.4, -0.2) is 5.91 Å². The van der Waals surface area contributed by atoms with Crippen molar-refractivity contribution in [2.75, 3.05) is 5.32 Å². The molecule has 1 aromatic heterocycles. The van der Waals surface area contributed by atoms with Crippen molar-refractivity contribution in [3.63, 3.8) is 0 Å². The second kappa shape index (κ2) is 5.73. The Balaban J connectivity index is 1.84. The minimum Gasteiger partial charge on any atom is -0.439 e. The quantitative estimate of drug-likeness (QED) is 0.637. The molecule has 1 heterocycles. The molecule has 0 saturated heterocycles. The summed E-state index contributed by atoms with van der Waals surface area (Å²) in [5, 5.41) is 3.33. The molecule has 0 saturated carbocycles. The van der Waals surface area contributed by atoms with E-state index in [1.54, 1.807) is 12.1 Å². The van der Waals surface area contributed by atoms with Crippen LogP contribution in [0.2, 0.25) is 0 Å². The zero-order valence-electron chi connectivity index (χ0n) is 11.4. The molecule has 0 radical (unpaired) electrons. The number of fused-ring (bicyclic) bond motifs is 1. The highest BCUT2D eigenvalue weighted by Gasteiger charge is 2.30. The number of furan rings is 1. The maximum Gasteiger partial charge on any atom is 0.416 e. The molecule has 0 unspecified atom stereocenters. The van der Waals surface area contributed by atoms with Crippen LogP contribution in [0.4, 0.5) is 19.1 Å². The zero-order chi connectivity index (χ0) is 16.6. The third kappa shape index (κ3) is 3.10. The van der Waals surface area contributed by atoms with E-state index in [4.69, 9.17) is 4.42 Å². The summed E-state index contributed by atoms with van der Waals surface area (Å²) in [6.45, 7) is 0. The number of amides is 1. The van der Waals surface area contributed by atoms with Crippen molar-refractivity contribution in [2.24, 2.45) is 0 Å². The van der Waals surface area contributed by atoms with E-state index in [0.717, 1.165) is 29.7 Å². The van der Waals surface area contributed by atoms with Gasteiger partial charge in [0.15, 0.2) is 0 Å². The Kier molecular flexibility index (Phi) is 3.89. The molecule has 118 valence electrons. The van der Waals surface area contributed by atoms with Crippen molar-refractivity contribution >= 4 is 38.7 Å². The third-order valence-electron chi connectivity index (χ3n) is 3.24. The Morgan fingerprint density at radius 2 is 1.70 bits per heavy atom. The van der Waals surface area contributed by atoms with Crippen LogP contribution >= 0.6 is 15.9 Å². The minimum absolute atomic E-state index is 0.102. The number of nitrogens with one attached hydrogen (secondary N) is 1. The van der Waals surface area contributed by atoms with E-state index in [1.807, 2.05) is 12.1 Å². The van der Waals surface area contributed by atoms with Gasteiger partial charge in [0.1, 0.15) is 5.58 Å². The number of hydrogen-bond acceptors (Lipinski definition) is 2. The van der Waals surface area contributed by atoms with E-state index < -0.39 is 17.6 Å². The molecule has 1 amide bonds. The first-order valence-electron chi connectivity index (χ1n) is 6.52. The fraction of sp³-hybridized carbons (Fsp3) is 0.0625. The van der Waals surface area contributed by atoms with E-state index in [0.29, 0.717) is 10.1 Å². The highest BCUT2D eigenvalue weighted by Crippen LogP contribution is 2.35. The van der Waals surface area contributed by atoms with Crippen molar-refractivity contribution in [3.05, 3.63) is 64.1 Å². The molecule has 0 fully saturated rings. The molecule has 7 heteroatoms. The third-order valence-corrected chi connectivity index (χ3v) is 4.02. The molecule has 3 rings (SSSR count). The highest BCUT2D eigenvalue weighted by molar-refractivity contribution is 9.10. The molecule has 3 aromatic rings. The molecule has 0 atom stereocenters. The molecule has 23 heavy (non-hydrogen) atoms. The number of anilines is 1. The van der Waals surface area contributed by atoms with Crippen molar-refractivity contribution in [2.45, 2.75) is 6.18 Å². The summed E-state index contributed by atoms with van der Waals surface area (Å²) in [4.78, 5) is 12.1. The molecule has 0 aliphatic rings. The van der Waals surface area contributed by atoms with E-state index in [1.165, 1.54) is 0 Å². The lowest BCUT2D eigenvalue weighted by atomic mass is 10.1. The summed E-state index contributed by atoms with van der Waals surface area (Å²) in [6, 6.07) is 11.1. The summed E-state index contributed by atoms with van der Waals surface area (Å²) >= 11 is 3.33. The molecular weight excluding hydrogens is 375 g/mol. The van der Waals surface area contributed by atoms with Gasteiger partial charge >= 0.3 is 6.18 Å². The van der Waals surface area contributed by atoms with Crippen LogP contribution in [-0.2, 0) is 6.18 Å². The first-order chi connectivity index (χ1) is 10.9. The Hall–Kier alpha value is -2.28. The number of benzene rings is 2. The van der Waals surface area contributed by atoms with Gasteiger partial charge in [-0.2, -0.15) is 13.2 Å². The molecule has 2 aromatic carbocycles. The number of carbonyl (C=O) groups excluding carboxylic acids is 1. The summed E-state index contributed by atoms with van der Waals surface area (Å²) in [6.07, 6.45) is -4.43. The van der Waals surface area contributed by atoms with Gasteiger partial charge in [-0.3, -0.25) is 10.1 Å². The van der Waals surface area contributed by atoms with Crippen molar-refractivity contribution in [3.8, 4) is 0 Å². The van der Waals surface area contributed by atoms with Crippen LogP contribution < -0.4 is 5.32 Å². The number of rotatable bonds is 2. The van der Waals surface area contributed by atoms with Crippen LogP contribution in [0, 0.1) is 0 Å². The predicted molar refractivity (Wildman–Crippen MR) is 83.3 cm³/mol. The maximum absolute atomic E-state index is 12.5. The van der Waals surface area contributed by atoms with Gasteiger partial charge in [0.25, 0.3) is 5.91 Å². The molecule has 0 aliphatic heterocycles. The average Bonchev–Trinajstić information content (AvgIpc) is 2.83. The van der Waals surface area contributed by atoms with Gasteiger partial charge in [-0.15, -0.1) is 0 Å². The molecular formula is C16H9BrF3NO2. The van der Waals surface area contributed by atoms with Crippen LogP contribution in [0.25, 0.3) is 11.0 Å². The molecule has 0 spiro atoms. The van der Waals surface area contributed by atoms with Gasteiger partial charge in [0, 0.05) is 10.9 Å². The van der Waals surface area contributed by atoms with E-state index in [9.17, 15) is 18.0 Å². The van der Waals surface area contributed by atoms with Gasteiger partial charge in [-0.25, -0.2) is 0 Å². The van der Waals surface area contributed by atoms with Crippen molar-refractivity contribution in [1.29, 1.82) is 0 Å². The van der Waals surface area contributed by atoms with E-state index in [2.05, 4.69) is 21.2 Å². The first-order valence-corrected chi connectivity index (χ1v) is 7.31. The largest absolute Gasteiger partial charge is 0.439 e. The summed E-state index contributed by atoms with van der Waals surface area (Å²) in [7, 11) is 0. The second-order valence-corrected chi connectivity index (χ2v) is 5.56. The second-order valence-electron chi connectivity index (χ2n) is 4.77. The number of para-hydroxylation sites is 1. The van der Waals surface area contributed by atoms with Crippen LogP contribution in [0.1, 0.15) is 15.9 Å². The zero-order valence-corrected chi connectivity index (χ0v) is 13.0. The smallest absolute Gasteiger partial charge is 0.416 e. The lowest BCUT2D eigenvalue weighted by Crippen LogP contribution is -2.12. The maximum atomic E-state index is 12.5. The lowest BCUT2D eigenvalue weighted by molar-refractivity contribution is -0.137. The summed E-state index contributed by atoms with van der Waals surface area (Å²) in [5.41, 5.74) is -0.119. The first kappa shape index (κ1) is 15.6. The van der Waals surface area contributed by atoms with Crippen LogP contribution in [0.3, 0.4) is 0 Å². The minimum atomic E-state index is -4.43. The van der Waals surface area contributed by atoms with E-state index >= 15 is 0 Å². The molecule has 0 aliphatic carbocycles. The van der Waals surface area contributed by atoms with Crippen molar-refractivity contribution in [1.82, 2.24) is 0 Å². The monoisotopic (exact) mass is 383 g/mol. The predicted octanol–water partition coefficient (Wildman–Crippen LogP) is 5.47. The van der Waals surface area contributed by atoms with Crippen molar-refractivity contribution < 1.29 is 22.4 Å². The summed E-state index contributed by atoms with van der Waals surface area (Å²) in [5.74, 6) is -0.352. The summed E-state index contributed by atoms with van der Waals surface area (Å²) < 4.78 is 43.6. The SMILES string of the molecule is O=C(Nc1oc2ccccc2c1Br)c1ccc(C(F)(F)F)cc1. The fourth-order valence-electron chi connectivity index (χ4n) is 2.08. The van der Waals surface area contributed by atoms with Gasteiger partial charge in [0.2, 0.25) is 5.88 Å². The van der Waals surface area contributed by atoms with Gasteiger partial charge in [-0.05, 0) is 52.3 Å². The molecule has 1 N–H and O–H groups in total. The highest BCUT2D eigenvalue weighted by atomic mass is 79.9. The number of halogens is 4. The molecule has 0 bridgehead atoms. The normalized spacial score (nSPS) is 11.7. The lowest BCUT2D eigenvalue weighted by Gasteiger charge is -2.07. The average molecular weight is 384 g/mol. The van der Waals surface area contributed by atoms with Gasteiger partial charge in [0.05, 0.1) is 10.0 Å². The Morgan fingerprint density at radius 1 is 1.04 bits per heavy atom. The number of hydrogen-bond donors (Lipinski definition) is 1. The Labute approximate surface area is 137 Å². The standard InChI is InChI=1S/C16H9BrF3NO2/c17-13-11-3-1-2-4-12(11)23-15(13)21-14(22)9-5-7-10(8-6-9)16(18,19)20/h1-8H,(H,21,22). The fourth-order valence-corrected chi connectivity index (χ4v) is 2.59. The number of carbonyl (C=O) groups is 1. The topological polar surface area (TPSA) is 42.2 Å². The van der Waals surface area contributed by atoms with Gasteiger partial charge in [-0.1, -0.05) is 12.1 Å². The number of alkyl halides is 3.